The predicted octanol–water partition coefficient (Wildman–Crippen LogP) is 2.99. The third-order valence-electron chi connectivity index (χ3n) is 3.51. The van der Waals surface area contributed by atoms with Gasteiger partial charge in [0.25, 0.3) is 0 Å². The largest absolute Gasteiger partial charge is 0.380 e. The molecule has 1 N–H and O–H groups in total. The van der Waals surface area contributed by atoms with Crippen molar-refractivity contribution in [1.82, 2.24) is 5.32 Å². The number of ether oxygens (including phenoxy) is 2. The summed E-state index contributed by atoms with van der Waals surface area (Å²) in [7, 11) is 1.81. The molecule has 0 aliphatic heterocycles. The Labute approximate surface area is 107 Å². The Bertz CT molecular complexity index is 161. The molecule has 0 bridgehead atoms. The minimum absolute atomic E-state index is 0.0943. The summed E-state index contributed by atoms with van der Waals surface area (Å²) < 4.78 is 11.5. The van der Waals surface area contributed by atoms with Crippen molar-refractivity contribution in [3.63, 3.8) is 0 Å². The van der Waals surface area contributed by atoms with E-state index in [-0.39, 0.29) is 11.6 Å². The molecule has 3 nitrogen and oxygen atoms in total. The second kappa shape index (κ2) is 9.86. The minimum atomic E-state index is -0.0943. The summed E-state index contributed by atoms with van der Waals surface area (Å²) >= 11 is 0. The quantitative estimate of drug-likeness (QED) is 0.568. The smallest absolute Gasteiger partial charge is 0.0848 e. The van der Waals surface area contributed by atoms with Crippen LogP contribution < -0.4 is 5.32 Å². The lowest BCUT2D eigenvalue weighted by atomic mass is 9.88. The zero-order valence-corrected chi connectivity index (χ0v) is 12.3. The van der Waals surface area contributed by atoms with Crippen LogP contribution in [0, 0.1) is 0 Å². The number of methoxy groups -OCH3 is 1. The van der Waals surface area contributed by atoms with Gasteiger partial charge in [0.1, 0.15) is 0 Å². The summed E-state index contributed by atoms with van der Waals surface area (Å²) in [4.78, 5) is 0. The molecule has 0 fully saturated rings. The highest BCUT2D eigenvalue weighted by Gasteiger charge is 2.35. The topological polar surface area (TPSA) is 30.5 Å². The molecule has 17 heavy (non-hydrogen) atoms. The third kappa shape index (κ3) is 5.36. The fourth-order valence-corrected chi connectivity index (χ4v) is 2.23. The Kier molecular flexibility index (Phi) is 9.79. The van der Waals surface area contributed by atoms with Gasteiger partial charge in [0.15, 0.2) is 0 Å². The van der Waals surface area contributed by atoms with E-state index in [1.165, 1.54) is 0 Å². The van der Waals surface area contributed by atoms with E-state index in [1.807, 2.05) is 7.11 Å². The van der Waals surface area contributed by atoms with Gasteiger partial charge in [-0.1, -0.05) is 27.7 Å². The Morgan fingerprint density at radius 1 is 1.06 bits per heavy atom. The molecule has 0 aromatic rings. The molecule has 0 saturated heterocycles. The van der Waals surface area contributed by atoms with E-state index in [0.29, 0.717) is 0 Å². The maximum atomic E-state index is 5.78. The number of rotatable bonds is 11. The molecule has 104 valence electrons. The maximum absolute atomic E-state index is 5.78. The zero-order valence-electron chi connectivity index (χ0n) is 12.3. The second-order valence-electron chi connectivity index (χ2n) is 4.56. The van der Waals surface area contributed by atoms with Crippen LogP contribution in [0.25, 0.3) is 0 Å². The van der Waals surface area contributed by atoms with Crippen LogP contribution in [0.15, 0.2) is 0 Å². The van der Waals surface area contributed by atoms with Crippen molar-refractivity contribution >= 4 is 0 Å². The minimum Gasteiger partial charge on any atom is -0.380 e. The SMILES string of the molecule is CCCNC(COCCC)C(CC)(CC)OC. The Hall–Kier alpha value is -0.120. The van der Waals surface area contributed by atoms with Gasteiger partial charge in [-0.05, 0) is 32.2 Å². The average Bonchev–Trinajstić information content (AvgIpc) is 2.37. The van der Waals surface area contributed by atoms with Gasteiger partial charge in [-0.25, -0.2) is 0 Å². The summed E-state index contributed by atoms with van der Waals surface area (Å²) in [6, 6.07) is 0.286. The molecule has 1 atom stereocenters. The summed E-state index contributed by atoms with van der Waals surface area (Å²) in [5, 5.41) is 3.57. The zero-order chi connectivity index (χ0) is 13.1. The Morgan fingerprint density at radius 3 is 2.12 bits per heavy atom. The van der Waals surface area contributed by atoms with Crippen LogP contribution >= 0.6 is 0 Å². The van der Waals surface area contributed by atoms with Crippen LogP contribution in [0.4, 0.5) is 0 Å². The van der Waals surface area contributed by atoms with Crippen molar-refractivity contribution in [3.05, 3.63) is 0 Å². The van der Waals surface area contributed by atoms with Crippen molar-refractivity contribution < 1.29 is 9.47 Å². The first kappa shape index (κ1) is 16.9. The van der Waals surface area contributed by atoms with Crippen molar-refractivity contribution in [2.75, 3.05) is 26.9 Å². The molecule has 0 rings (SSSR count). The number of hydrogen-bond acceptors (Lipinski definition) is 3. The van der Waals surface area contributed by atoms with Gasteiger partial charge in [-0.2, -0.15) is 0 Å². The normalized spacial score (nSPS) is 13.9. The average molecular weight is 245 g/mol. The van der Waals surface area contributed by atoms with Crippen molar-refractivity contribution in [1.29, 1.82) is 0 Å². The van der Waals surface area contributed by atoms with Crippen LogP contribution in [-0.4, -0.2) is 38.5 Å². The first-order chi connectivity index (χ1) is 8.20. The molecule has 0 saturated carbocycles. The molecule has 0 aliphatic carbocycles. The summed E-state index contributed by atoms with van der Waals surface area (Å²) in [6.07, 6.45) is 4.23. The third-order valence-corrected chi connectivity index (χ3v) is 3.51. The summed E-state index contributed by atoms with van der Waals surface area (Å²) in [6.45, 7) is 11.3. The van der Waals surface area contributed by atoms with Crippen LogP contribution in [0.2, 0.25) is 0 Å². The van der Waals surface area contributed by atoms with Gasteiger partial charge < -0.3 is 14.8 Å². The van der Waals surface area contributed by atoms with Crippen molar-refractivity contribution in [3.8, 4) is 0 Å². The molecule has 0 aliphatic rings. The molecule has 0 heterocycles. The fraction of sp³-hybridized carbons (Fsp3) is 1.00. The van der Waals surface area contributed by atoms with Crippen LogP contribution in [0.5, 0.6) is 0 Å². The van der Waals surface area contributed by atoms with Gasteiger partial charge in [0.05, 0.1) is 18.2 Å². The van der Waals surface area contributed by atoms with Crippen LogP contribution in [0.3, 0.4) is 0 Å². The van der Waals surface area contributed by atoms with E-state index in [1.54, 1.807) is 0 Å². The highest BCUT2D eigenvalue weighted by atomic mass is 16.5. The van der Waals surface area contributed by atoms with E-state index in [4.69, 9.17) is 9.47 Å². The lowest BCUT2D eigenvalue weighted by Gasteiger charge is -2.39. The highest BCUT2D eigenvalue weighted by molar-refractivity contribution is 4.91. The number of hydrogen-bond donors (Lipinski definition) is 1. The van der Waals surface area contributed by atoms with Gasteiger partial charge in [-0.3, -0.25) is 0 Å². The van der Waals surface area contributed by atoms with Gasteiger partial charge in [0.2, 0.25) is 0 Å². The molecule has 0 aromatic carbocycles. The molecule has 0 aromatic heterocycles. The van der Waals surface area contributed by atoms with E-state index in [2.05, 4.69) is 33.0 Å². The predicted molar refractivity (Wildman–Crippen MR) is 73.5 cm³/mol. The van der Waals surface area contributed by atoms with E-state index < -0.39 is 0 Å². The van der Waals surface area contributed by atoms with Crippen molar-refractivity contribution in [2.24, 2.45) is 0 Å². The molecule has 0 radical (unpaired) electrons. The molecule has 0 amide bonds. The molecule has 1 unspecified atom stereocenters. The molecule has 0 spiro atoms. The monoisotopic (exact) mass is 245 g/mol. The summed E-state index contributed by atoms with van der Waals surface area (Å²) in [5.74, 6) is 0. The lowest BCUT2D eigenvalue weighted by Crippen LogP contribution is -2.54. The van der Waals surface area contributed by atoms with Crippen molar-refractivity contribution in [2.45, 2.75) is 65.0 Å². The van der Waals surface area contributed by atoms with E-state index in [9.17, 15) is 0 Å². The molecular formula is C14H31NO2. The summed E-state index contributed by atoms with van der Waals surface area (Å²) in [5.41, 5.74) is -0.0943. The van der Waals surface area contributed by atoms with Gasteiger partial charge in [0, 0.05) is 13.7 Å². The Balaban J connectivity index is 4.48. The molecular weight excluding hydrogens is 214 g/mol. The standard InChI is InChI=1S/C14H31NO2/c1-6-10-15-13(12-17-11-7-2)14(8-3,9-4)16-5/h13,15H,6-12H2,1-5H3. The van der Waals surface area contributed by atoms with Gasteiger partial charge >= 0.3 is 0 Å². The second-order valence-corrected chi connectivity index (χ2v) is 4.56. The van der Waals surface area contributed by atoms with E-state index in [0.717, 1.165) is 45.4 Å². The first-order valence-electron chi connectivity index (χ1n) is 7.06. The highest BCUT2D eigenvalue weighted by Crippen LogP contribution is 2.24. The maximum Gasteiger partial charge on any atom is 0.0848 e. The van der Waals surface area contributed by atoms with Gasteiger partial charge in [-0.15, -0.1) is 0 Å². The fourth-order valence-electron chi connectivity index (χ4n) is 2.23. The molecule has 3 heteroatoms. The first-order valence-corrected chi connectivity index (χ1v) is 7.06. The lowest BCUT2D eigenvalue weighted by molar-refractivity contribution is -0.0693. The van der Waals surface area contributed by atoms with E-state index >= 15 is 0 Å². The Morgan fingerprint density at radius 2 is 1.71 bits per heavy atom. The number of nitrogens with one attached hydrogen (secondary N) is 1. The van der Waals surface area contributed by atoms with Crippen LogP contribution in [0.1, 0.15) is 53.4 Å². The van der Waals surface area contributed by atoms with Crippen LogP contribution in [-0.2, 0) is 9.47 Å².